The Morgan fingerprint density at radius 1 is 1.16 bits per heavy atom. The zero-order valence-electron chi connectivity index (χ0n) is 18.8. The molecule has 0 unspecified atom stereocenters. The molecule has 2 aliphatic heterocycles. The number of benzene rings is 1. The van der Waals surface area contributed by atoms with Gasteiger partial charge in [-0.25, -0.2) is 9.97 Å². The molecule has 1 saturated heterocycles. The van der Waals surface area contributed by atoms with Gasteiger partial charge in [0, 0.05) is 36.3 Å². The van der Waals surface area contributed by atoms with Gasteiger partial charge >= 0.3 is 0 Å². The maximum absolute atomic E-state index is 13.4. The van der Waals surface area contributed by atoms with Gasteiger partial charge in [0.15, 0.2) is 5.82 Å². The second kappa shape index (κ2) is 8.52. The molecule has 0 radical (unpaired) electrons. The highest BCUT2D eigenvalue weighted by Crippen LogP contribution is 2.37. The SMILES string of the molecule is COc1cccc(C(=O)N2CCCC[C@@H]2c2nc(C)c3c(n2)N(CC2CC2)C(=O)CC3)c1. The molecular formula is C25H30N4O3. The van der Waals surface area contributed by atoms with E-state index in [1.807, 2.05) is 34.9 Å². The maximum atomic E-state index is 13.4. The Balaban J connectivity index is 1.49. The van der Waals surface area contributed by atoms with Crippen LogP contribution in [0.4, 0.5) is 5.82 Å². The first-order valence-corrected chi connectivity index (χ1v) is 11.7. The highest BCUT2D eigenvalue weighted by Gasteiger charge is 2.36. The number of aromatic nitrogens is 2. The lowest BCUT2D eigenvalue weighted by Crippen LogP contribution is -2.41. The van der Waals surface area contributed by atoms with E-state index in [-0.39, 0.29) is 17.9 Å². The van der Waals surface area contributed by atoms with E-state index < -0.39 is 0 Å². The van der Waals surface area contributed by atoms with Crippen LogP contribution >= 0.6 is 0 Å². The smallest absolute Gasteiger partial charge is 0.254 e. The highest BCUT2D eigenvalue weighted by molar-refractivity contribution is 5.96. The number of hydrogen-bond acceptors (Lipinski definition) is 5. The second-order valence-corrected chi connectivity index (χ2v) is 9.16. The second-order valence-electron chi connectivity index (χ2n) is 9.16. The zero-order valence-corrected chi connectivity index (χ0v) is 18.8. The first-order valence-electron chi connectivity index (χ1n) is 11.7. The largest absolute Gasteiger partial charge is 0.497 e. The van der Waals surface area contributed by atoms with Crippen LogP contribution in [-0.2, 0) is 11.2 Å². The molecule has 5 rings (SSSR count). The number of aryl methyl sites for hydroxylation is 1. The van der Waals surface area contributed by atoms with Gasteiger partial charge in [0.2, 0.25) is 5.91 Å². The predicted molar refractivity (Wildman–Crippen MR) is 121 cm³/mol. The topological polar surface area (TPSA) is 75.6 Å². The van der Waals surface area contributed by atoms with Crippen molar-refractivity contribution >= 4 is 17.6 Å². The minimum absolute atomic E-state index is 0.0292. The number of anilines is 1. The Labute approximate surface area is 188 Å². The van der Waals surface area contributed by atoms with Crippen LogP contribution in [0.15, 0.2) is 24.3 Å². The molecule has 7 nitrogen and oxygen atoms in total. The molecule has 2 aromatic rings. The predicted octanol–water partition coefficient (Wildman–Crippen LogP) is 3.85. The number of carbonyl (C=O) groups excluding carboxylic acids is 2. The molecule has 1 saturated carbocycles. The van der Waals surface area contributed by atoms with E-state index in [4.69, 9.17) is 14.7 Å². The molecule has 0 bridgehead atoms. The Hall–Kier alpha value is -2.96. The van der Waals surface area contributed by atoms with Gasteiger partial charge in [0.1, 0.15) is 11.6 Å². The number of carbonyl (C=O) groups is 2. The van der Waals surface area contributed by atoms with Crippen molar-refractivity contribution in [3.63, 3.8) is 0 Å². The lowest BCUT2D eigenvalue weighted by Gasteiger charge is -2.36. The molecule has 3 heterocycles. The quantitative estimate of drug-likeness (QED) is 0.715. The molecule has 1 aliphatic carbocycles. The van der Waals surface area contributed by atoms with Gasteiger partial charge in [0.05, 0.1) is 13.2 Å². The monoisotopic (exact) mass is 434 g/mol. The van der Waals surface area contributed by atoms with Crippen LogP contribution in [0.3, 0.4) is 0 Å². The number of nitrogens with zero attached hydrogens (tertiary/aromatic N) is 4. The van der Waals surface area contributed by atoms with Gasteiger partial charge in [-0.05, 0) is 69.6 Å². The van der Waals surface area contributed by atoms with Gasteiger partial charge in [0.25, 0.3) is 5.91 Å². The lowest BCUT2D eigenvalue weighted by molar-refractivity contribution is -0.119. The number of methoxy groups -OCH3 is 1. The van der Waals surface area contributed by atoms with Crippen LogP contribution in [-0.4, -0.2) is 46.9 Å². The zero-order chi connectivity index (χ0) is 22.2. The van der Waals surface area contributed by atoms with E-state index in [0.29, 0.717) is 42.4 Å². The first kappa shape index (κ1) is 20.9. The maximum Gasteiger partial charge on any atom is 0.254 e. The van der Waals surface area contributed by atoms with E-state index in [2.05, 4.69) is 0 Å². The fourth-order valence-electron chi connectivity index (χ4n) is 4.86. The fourth-order valence-corrected chi connectivity index (χ4v) is 4.86. The molecule has 1 atom stereocenters. The van der Waals surface area contributed by atoms with Gasteiger partial charge in [-0.15, -0.1) is 0 Å². The Morgan fingerprint density at radius 2 is 2.00 bits per heavy atom. The Morgan fingerprint density at radius 3 is 2.78 bits per heavy atom. The van der Waals surface area contributed by atoms with E-state index in [1.54, 1.807) is 13.2 Å². The molecular weight excluding hydrogens is 404 g/mol. The lowest BCUT2D eigenvalue weighted by atomic mass is 9.98. The van der Waals surface area contributed by atoms with E-state index >= 15 is 0 Å². The summed E-state index contributed by atoms with van der Waals surface area (Å²) in [5.41, 5.74) is 2.62. The summed E-state index contributed by atoms with van der Waals surface area (Å²) in [5, 5.41) is 0. The minimum atomic E-state index is -0.189. The third-order valence-corrected chi connectivity index (χ3v) is 6.87. The van der Waals surface area contributed by atoms with Crippen molar-refractivity contribution in [3.8, 4) is 5.75 Å². The summed E-state index contributed by atoms with van der Waals surface area (Å²) in [4.78, 5) is 39.8. The number of amides is 2. The highest BCUT2D eigenvalue weighted by atomic mass is 16.5. The summed E-state index contributed by atoms with van der Waals surface area (Å²) in [6.45, 7) is 3.43. The molecule has 1 aromatic carbocycles. The van der Waals surface area contributed by atoms with Crippen molar-refractivity contribution in [3.05, 3.63) is 46.9 Å². The van der Waals surface area contributed by atoms with Crippen molar-refractivity contribution in [1.82, 2.24) is 14.9 Å². The third kappa shape index (κ3) is 3.96. The van der Waals surface area contributed by atoms with Crippen LogP contribution in [0, 0.1) is 12.8 Å². The normalized spacial score (nSPS) is 20.8. The van der Waals surface area contributed by atoms with Crippen LogP contribution in [0.5, 0.6) is 5.75 Å². The van der Waals surface area contributed by atoms with Crippen molar-refractivity contribution in [2.24, 2.45) is 5.92 Å². The van der Waals surface area contributed by atoms with E-state index in [9.17, 15) is 9.59 Å². The number of likely N-dealkylation sites (tertiary alicyclic amines) is 1. The average molecular weight is 435 g/mol. The van der Waals surface area contributed by atoms with Crippen molar-refractivity contribution in [2.75, 3.05) is 25.1 Å². The molecule has 0 spiro atoms. The molecule has 7 heteroatoms. The van der Waals surface area contributed by atoms with E-state index in [0.717, 1.165) is 42.9 Å². The molecule has 32 heavy (non-hydrogen) atoms. The van der Waals surface area contributed by atoms with E-state index in [1.165, 1.54) is 12.8 Å². The average Bonchev–Trinajstić information content (AvgIpc) is 3.64. The van der Waals surface area contributed by atoms with Gasteiger partial charge in [-0.3, -0.25) is 14.5 Å². The van der Waals surface area contributed by atoms with Crippen molar-refractivity contribution in [1.29, 1.82) is 0 Å². The fraction of sp³-hybridized carbons (Fsp3) is 0.520. The summed E-state index contributed by atoms with van der Waals surface area (Å²) in [6, 6.07) is 7.10. The molecule has 2 fully saturated rings. The number of hydrogen-bond donors (Lipinski definition) is 0. The Kier molecular flexibility index (Phi) is 5.57. The van der Waals surface area contributed by atoms with Gasteiger partial charge in [-0.2, -0.15) is 0 Å². The molecule has 1 aromatic heterocycles. The molecule has 168 valence electrons. The van der Waals surface area contributed by atoms with Crippen LogP contribution < -0.4 is 9.64 Å². The summed E-state index contributed by atoms with van der Waals surface area (Å²) in [6.07, 6.45) is 6.39. The van der Waals surface area contributed by atoms with Crippen LogP contribution in [0.25, 0.3) is 0 Å². The van der Waals surface area contributed by atoms with Gasteiger partial charge < -0.3 is 9.64 Å². The number of rotatable bonds is 5. The van der Waals surface area contributed by atoms with Gasteiger partial charge in [-0.1, -0.05) is 6.07 Å². The summed E-state index contributed by atoms with van der Waals surface area (Å²) < 4.78 is 5.31. The number of fused-ring (bicyclic) bond motifs is 1. The standard InChI is InChI=1S/C25H30N4O3/c1-16-20-11-12-22(30)29(15-17-9-10-17)24(20)27-23(26-16)21-8-3-4-13-28(21)25(31)18-6-5-7-19(14-18)32-2/h5-7,14,17,21H,3-4,8-13,15H2,1-2H3/t21-/m1/s1. The summed E-state index contributed by atoms with van der Waals surface area (Å²) in [5.74, 6) is 2.81. The molecule has 2 amide bonds. The number of piperidine rings is 1. The Bertz CT molecular complexity index is 1050. The first-order chi connectivity index (χ1) is 15.5. The molecule has 0 N–H and O–H groups in total. The van der Waals surface area contributed by atoms with Crippen molar-refractivity contribution in [2.45, 2.75) is 57.9 Å². The van der Waals surface area contributed by atoms with Crippen LogP contribution in [0.1, 0.15) is 72.0 Å². The van der Waals surface area contributed by atoms with Crippen molar-refractivity contribution < 1.29 is 14.3 Å². The minimum Gasteiger partial charge on any atom is -0.497 e. The van der Waals surface area contributed by atoms with Crippen LogP contribution in [0.2, 0.25) is 0 Å². The summed E-state index contributed by atoms with van der Waals surface area (Å²) in [7, 11) is 1.60. The number of ether oxygens (including phenoxy) is 1. The molecule has 3 aliphatic rings. The third-order valence-electron chi connectivity index (χ3n) is 6.87. The summed E-state index contributed by atoms with van der Waals surface area (Å²) >= 11 is 0.